The molecule has 0 aromatic heterocycles. The Morgan fingerprint density at radius 1 is 1.28 bits per heavy atom. The Bertz CT molecular complexity index is 467. The second-order valence-corrected chi connectivity index (χ2v) is 4.66. The van der Waals surface area contributed by atoms with Crippen molar-refractivity contribution in [2.75, 3.05) is 13.7 Å². The van der Waals surface area contributed by atoms with Crippen molar-refractivity contribution in [1.29, 1.82) is 0 Å². The largest absolute Gasteiger partial charge is 0.496 e. The van der Waals surface area contributed by atoms with Gasteiger partial charge in [-0.05, 0) is 0 Å². The summed E-state index contributed by atoms with van der Waals surface area (Å²) >= 11 is 0. The van der Waals surface area contributed by atoms with Crippen molar-refractivity contribution in [3.8, 4) is 5.75 Å². The lowest BCUT2D eigenvalue weighted by molar-refractivity contribution is -0.125. The zero-order chi connectivity index (χ0) is 13.6. The molecule has 100 valence electrons. The third kappa shape index (κ3) is 1.94. The lowest BCUT2D eigenvalue weighted by Crippen LogP contribution is -2.54. The first kappa shape index (κ1) is 13.1. The number of ether oxygens (including phenoxy) is 1. The third-order valence-corrected chi connectivity index (χ3v) is 3.35. The smallest absolute Gasteiger partial charge is 0.250 e. The first-order valence-electron chi connectivity index (χ1n) is 5.45. The first-order chi connectivity index (χ1) is 8.33. The summed E-state index contributed by atoms with van der Waals surface area (Å²) in [5.74, 6) is -4.64. The molecular formula is C12H13F4NO. The predicted octanol–water partition coefficient (Wildman–Crippen LogP) is 2.60. The molecule has 0 bridgehead atoms. The molecule has 2 N–H and O–H groups in total. The molecule has 1 aliphatic carbocycles. The Hall–Kier alpha value is -1.30. The monoisotopic (exact) mass is 263 g/mol. The van der Waals surface area contributed by atoms with Gasteiger partial charge in [-0.15, -0.1) is 0 Å². The number of alkyl halides is 2. The highest BCUT2D eigenvalue weighted by Crippen LogP contribution is 2.55. The van der Waals surface area contributed by atoms with Crippen molar-refractivity contribution in [3.63, 3.8) is 0 Å². The Kier molecular flexibility index (Phi) is 3.01. The van der Waals surface area contributed by atoms with Crippen LogP contribution < -0.4 is 10.5 Å². The SMILES string of the molecule is COc1cc(F)cc(F)c1C1(CN)CC(F)(F)C1. The van der Waals surface area contributed by atoms with Crippen LogP contribution in [0, 0.1) is 11.6 Å². The van der Waals surface area contributed by atoms with E-state index in [1.165, 1.54) is 7.11 Å². The molecule has 0 heterocycles. The number of methoxy groups -OCH3 is 1. The average Bonchev–Trinajstić information content (AvgIpc) is 2.24. The van der Waals surface area contributed by atoms with Crippen LogP contribution in [0.3, 0.4) is 0 Å². The highest BCUT2D eigenvalue weighted by atomic mass is 19.3. The van der Waals surface area contributed by atoms with Crippen LogP contribution in [0.5, 0.6) is 5.75 Å². The number of benzene rings is 1. The minimum absolute atomic E-state index is 0.0557. The fraction of sp³-hybridized carbons (Fsp3) is 0.500. The van der Waals surface area contributed by atoms with Crippen molar-refractivity contribution in [3.05, 3.63) is 29.3 Å². The van der Waals surface area contributed by atoms with Crippen LogP contribution in [-0.4, -0.2) is 19.6 Å². The van der Waals surface area contributed by atoms with Gasteiger partial charge >= 0.3 is 0 Å². The van der Waals surface area contributed by atoms with Gasteiger partial charge in [0.2, 0.25) is 5.92 Å². The van der Waals surface area contributed by atoms with Crippen LogP contribution in [0.1, 0.15) is 18.4 Å². The number of rotatable bonds is 3. The lowest BCUT2D eigenvalue weighted by atomic mass is 9.61. The van der Waals surface area contributed by atoms with Gasteiger partial charge in [0.05, 0.1) is 7.11 Å². The van der Waals surface area contributed by atoms with E-state index in [-0.39, 0.29) is 17.9 Å². The van der Waals surface area contributed by atoms with Crippen LogP contribution >= 0.6 is 0 Å². The molecule has 2 rings (SSSR count). The fourth-order valence-electron chi connectivity index (χ4n) is 2.59. The van der Waals surface area contributed by atoms with E-state index in [0.717, 1.165) is 6.07 Å². The molecule has 0 atom stereocenters. The summed E-state index contributed by atoms with van der Waals surface area (Å²) in [6.45, 7) is -0.137. The molecular weight excluding hydrogens is 250 g/mol. The highest BCUT2D eigenvalue weighted by molar-refractivity contribution is 5.44. The average molecular weight is 263 g/mol. The molecule has 6 heteroatoms. The first-order valence-corrected chi connectivity index (χ1v) is 5.45. The highest BCUT2D eigenvalue weighted by Gasteiger charge is 2.58. The molecule has 18 heavy (non-hydrogen) atoms. The molecule has 0 spiro atoms. The molecule has 0 radical (unpaired) electrons. The molecule has 1 saturated carbocycles. The fourth-order valence-corrected chi connectivity index (χ4v) is 2.59. The van der Waals surface area contributed by atoms with E-state index in [2.05, 4.69) is 0 Å². The van der Waals surface area contributed by atoms with Crippen LogP contribution in [0.25, 0.3) is 0 Å². The maximum absolute atomic E-state index is 13.8. The number of hydrogen-bond acceptors (Lipinski definition) is 2. The second kappa shape index (κ2) is 4.12. The van der Waals surface area contributed by atoms with Crippen molar-refractivity contribution >= 4 is 0 Å². The maximum atomic E-state index is 13.8. The molecule has 0 saturated heterocycles. The minimum Gasteiger partial charge on any atom is -0.496 e. The molecule has 0 aliphatic heterocycles. The Balaban J connectivity index is 2.50. The summed E-state index contributed by atoms with van der Waals surface area (Å²) < 4.78 is 57.9. The van der Waals surface area contributed by atoms with E-state index in [9.17, 15) is 17.6 Å². The molecule has 1 aromatic carbocycles. The topological polar surface area (TPSA) is 35.2 Å². The van der Waals surface area contributed by atoms with E-state index in [0.29, 0.717) is 6.07 Å². The summed E-state index contributed by atoms with van der Waals surface area (Å²) in [5.41, 5.74) is 4.27. The summed E-state index contributed by atoms with van der Waals surface area (Å²) in [6, 6.07) is 1.64. The van der Waals surface area contributed by atoms with E-state index in [4.69, 9.17) is 10.5 Å². The standard InChI is InChI=1S/C12H13F4NO/c1-18-9-3-7(13)2-8(14)10(9)11(6-17)4-12(15,16)5-11/h2-3H,4-6,17H2,1H3. The van der Waals surface area contributed by atoms with Crippen molar-refractivity contribution < 1.29 is 22.3 Å². The van der Waals surface area contributed by atoms with E-state index >= 15 is 0 Å². The van der Waals surface area contributed by atoms with E-state index in [1.54, 1.807) is 0 Å². The summed E-state index contributed by atoms with van der Waals surface area (Å²) in [4.78, 5) is 0. The van der Waals surface area contributed by atoms with Gasteiger partial charge in [0, 0.05) is 42.5 Å². The third-order valence-electron chi connectivity index (χ3n) is 3.35. The van der Waals surface area contributed by atoms with Crippen LogP contribution in [0.2, 0.25) is 0 Å². The number of halogens is 4. The lowest BCUT2D eigenvalue weighted by Gasteiger charge is -2.47. The van der Waals surface area contributed by atoms with Crippen molar-refractivity contribution in [2.45, 2.75) is 24.2 Å². The van der Waals surface area contributed by atoms with Crippen LogP contribution in [-0.2, 0) is 5.41 Å². The molecule has 1 aliphatic rings. The van der Waals surface area contributed by atoms with Crippen molar-refractivity contribution in [1.82, 2.24) is 0 Å². The normalized spacial score (nSPS) is 20.3. The second-order valence-electron chi connectivity index (χ2n) is 4.66. The Morgan fingerprint density at radius 3 is 2.33 bits per heavy atom. The molecule has 0 amide bonds. The molecule has 2 nitrogen and oxygen atoms in total. The van der Waals surface area contributed by atoms with Gasteiger partial charge in [0.1, 0.15) is 17.4 Å². The quantitative estimate of drug-likeness (QED) is 0.851. The Labute approximate surface area is 102 Å². The summed E-state index contributed by atoms with van der Waals surface area (Å²) in [5, 5.41) is 0. The van der Waals surface area contributed by atoms with E-state index in [1.807, 2.05) is 0 Å². The summed E-state index contributed by atoms with van der Waals surface area (Å²) in [7, 11) is 1.23. The van der Waals surface area contributed by atoms with Gasteiger partial charge in [-0.1, -0.05) is 0 Å². The van der Waals surface area contributed by atoms with Gasteiger partial charge in [-0.25, -0.2) is 17.6 Å². The zero-order valence-corrected chi connectivity index (χ0v) is 9.77. The predicted molar refractivity (Wildman–Crippen MR) is 57.8 cm³/mol. The van der Waals surface area contributed by atoms with Gasteiger partial charge in [-0.2, -0.15) is 0 Å². The Morgan fingerprint density at radius 2 is 1.89 bits per heavy atom. The van der Waals surface area contributed by atoms with Crippen molar-refractivity contribution in [2.24, 2.45) is 5.73 Å². The minimum atomic E-state index is -2.86. The van der Waals surface area contributed by atoms with Gasteiger partial charge in [0.25, 0.3) is 0 Å². The van der Waals surface area contributed by atoms with Crippen LogP contribution in [0.15, 0.2) is 12.1 Å². The zero-order valence-electron chi connectivity index (χ0n) is 9.77. The maximum Gasteiger partial charge on any atom is 0.250 e. The van der Waals surface area contributed by atoms with Gasteiger partial charge in [0.15, 0.2) is 0 Å². The summed E-state index contributed by atoms with van der Waals surface area (Å²) in [6.07, 6.45) is -1.09. The van der Waals surface area contributed by atoms with E-state index < -0.39 is 35.8 Å². The number of nitrogens with two attached hydrogens (primary N) is 1. The van der Waals surface area contributed by atoms with Crippen LogP contribution in [0.4, 0.5) is 17.6 Å². The molecule has 1 aromatic rings. The van der Waals surface area contributed by atoms with Gasteiger partial charge in [-0.3, -0.25) is 0 Å². The molecule has 0 unspecified atom stereocenters. The number of hydrogen-bond donors (Lipinski definition) is 1. The van der Waals surface area contributed by atoms with Gasteiger partial charge < -0.3 is 10.5 Å². The molecule has 1 fully saturated rings.